The maximum atomic E-state index is 4.21. The number of para-hydroxylation sites is 2. The number of benzene rings is 4. The first-order chi connectivity index (χ1) is 18.2. The fourth-order valence-corrected chi connectivity index (χ4v) is 4.53. The summed E-state index contributed by atoms with van der Waals surface area (Å²) in [4.78, 5) is 0. The SMILES string of the molecule is C=C(NC(CC)CC)c1ccccc1Nc1ccccc1.CCCC(c1ccccc1)c1ccccc1. The van der Waals surface area contributed by atoms with Gasteiger partial charge in [0.2, 0.25) is 0 Å². The van der Waals surface area contributed by atoms with Gasteiger partial charge in [0.05, 0.1) is 0 Å². The maximum absolute atomic E-state index is 4.21. The van der Waals surface area contributed by atoms with Gasteiger partial charge in [-0.2, -0.15) is 0 Å². The summed E-state index contributed by atoms with van der Waals surface area (Å²) in [6, 6.07) is 40.5. The molecule has 0 aliphatic rings. The Hall–Kier alpha value is -3.78. The molecule has 0 saturated heterocycles. The van der Waals surface area contributed by atoms with Crippen molar-refractivity contribution in [2.45, 2.75) is 58.4 Å². The largest absolute Gasteiger partial charge is 0.382 e. The average molecular weight is 491 g/mol. The summed E-state index contributed by atoms with van der Waals surface area (Å²) in [5.74, 6) is 0.549. The second kappa shape index (κ2) is 15.4. The molecule has 0 aliphatic carbocycles. The van der Waals surface area contributed by atoms with Crippen LogP contribution in [0.5, 0.6) is 0 Å². The molecule has 2 N–H and O–H groups in total. The van der Waals surface area contributed by atoms with E-state index in [1.54, 1.807) is 0 Å². The highest BCUT2D eigenvalue weighted by molar-refractivity contribution is 5.77. The summed E-state index contributed by atoms with van der Waals surface area (Å²) < 4.78 is 0. The van der Waals surface area contributed by atoms with Gasteiger partial charge in [-0.25, -0.2) is 0 Å². The number of hydrogen-bond acceptors (Lipinski definition) is 2. The van der Waals surface area contributed by atoms with Crippen LogP contribution < -0.4 is 10.6 Å². The minimum Gasteiger partial charge on any atom is -0.382 e. The molecule has 192 valence electrons. The van der Waals surface area contributed by atoms with Gasteiger partial charge in [0.1, 0.15) is 0 Å². The van der Waals surface area contributed by atoms with Gasteiger partial charge >= 0.3 is 0 Å². The molecule has 0 unspecified atom stereocenters. The van der Waals surface area contributed by atoms with Crippen molar-refractivity contribution in [1.82, 2.24) is 5.32 Å². The number of anilines is 2. The lowest BCUT2D eigenvalue weighted by Gasteiger charge is -2.20. The van der Waals surface area contributed by atoms with Gasteiger partial charge in [-0.3, -0.25) is 0 Å². The molecule has 0 amide bonds. The van der Waals surface area contributed by atoms with Gasteiger partial charge in [-0.15, -0.1) is 0 Å². The van der Waals surface area contributed by atoms with E-state index in [1.807, 2.05) is 30.3 Å². The monoisotopic (exact) mass is 490 g/mol. The van der Waals surface area contributed by atoms with Crippen molar-refractivity contribution < 1.29 is 0 Å². The van der Waals surface area contributed by atoms with Crippen molar-refractivity contribution in [3.63, 3.8) is 0 Å². The molecule has 4 rings (SSSR count). The quantitative estimate of drug-likeness (QED) is 0.219. The fraction of sp³-hybridized carbons (Fsp3) is 0.257. The predicted molar refractivity (Wildman–Crippen MR) is 162 cm³/mol. The molecule has 4 aromatic carbocycles. The summed E-state index contributed by atoms with van der Waals surface area (Å²) >= 11 is 0. The number of rotatable bonds is 11. The van der Waals surface area contributed by atoms with Crippen LogP contribution in [0.4, 0.5) is 11.4 Å². The highest BCUT2D eigenvalue weighted by atomic mass is 14.9. The molecular weight excluding hydrogens is 448 g/mol. The van der Waals surface area contributed by atoms with E-state index in [4.69, 9.17) is 0 Å². The second-order valence-corrected chi connectivity index (χ2v) is 9.34. The van der Waals surface area contributed by atoms with Gasteiger partial charge in [0.15, 0.2) is 0 Å². The number of hydrogen-bond donors (Lipinski definition) is 2. The first-order valence-electron chi connectivity index (χ1n) is 13.6. The average Bonchev–Trinajstić information content (AvgIpc) is 2.96. The molecule has 0 aliphatic heterocycles. The van der Waals surface area contributed by atoms with E-state index in [1.165, 1.54) is 24.0 Å². The van der Waals surface area contributed by atoms with Crippen LogP contribution in [-0.2, 0) is 0 Å². The van der Waals surface area contributed by atoms with Crippen molar-refractivity contribution in [1.29, 1.82) is 0 Å². The molecule has 0 spiro atoms. The van der Waals surface area contributed by atoms with Crippen molar-refractivity contribution in [2.24, 2.45) is 0 Å². The molecule has 0 aromatic heterocycles. The van der Waals surface area contributed by atoms with Crippen LogP contribution in [0, 0.1) is 0 Å². The highest BCUT2D eigenvalue weighted by Crippen LogP contribution is 2.29. The van der Waals surface area contributed by atoms with E-state index in [0.717, 1.165) is 35.5 Å². The molecule has 0 atom stereocenters. The van der Waals surface area contributed by atoms with Gasteiger partial charge in [0, 0.05) is 34.6 Å². The molecule has 0 radical (unpaired) electrons. The molecule has 0 heterocycles. The lowest BCUT2D eigenvalue weighted by Crippen LogP contribution is -2.25. The van der Waals surface area contributed by atoms with Crippen molar-refractivity contribution in [2.75, 3.05) is 5.32 Å². The van der Waals surface area contributed by atoms with Crippen molar-refractivity contribution in [3.8, 4) is 0 Å². The van der Waals surface area contributed by atoms with Gasteiger partial charge in [-0.05, 0) is 48.6 Å². The Kier molecular flexibility index (Phi) is 11.5. The van der Waals surface area contributed by atoms with E-state index in [-0.39, 0.29) is 0 Å². The molecular formula is C35H42N2. The normalized spacial score (nSPS) is 10.5. The van der Waals surface area contributed by atoms with Gasteiger partial charge in [0.25, 0.3) is 0 Å². The van der Waals surface area contributed by atoms with E-state index in [0.29, 0.717) is 12.0 Å². The van der Waals surface area contributed by atoms with Crippen LogP contribution in [0.3, 0.4) is 0 Å². The molecule has 4 aromatic rings. The highest BCUT2D eigenvalue weighted by Gasteiger charge is 2.12. The Morgan fingerprint density at radius 1 is 0.649 bits per heavy atom. The van der Waals surface area contributed by atoms with Crippen molar-refractivity contribution in [3.05, 3.63) is 139 Å². The first-order valence-corrected chi connectivity index (χ1v) is 13.6. The van der Waals surface area contributed by atoms with E-state index in [9.17, 15) is 0 Å². The van der Waals surface area contributed by atoms with Crippen LogP contribution in [0.25, 0.3) is 5.70 Å². The zero-order chi connectivity index (χ0) is 26.3. The molecule has 2 nitrogen and oxygen atoms in total. The Labute approximate surface area is 224 Å². The van der Waals surface area contributed by atoms with E-state index < -0.39 is 0 Å². The number of nitrogens with one attached hydrogen (secondary N) is 2. The third kappa shape index (κ3) is 8.68. The van der Waals surface area contributed by atoms with Crippen LogP contribution >= 0.6 is 0 Å². The smallest absolute Gasteiger partial charge is 0.0478 e. The van der Waals surface area contributed by atoms with Gasteiger partial charge < -0.3 is 10.6 Å². The first kappa shape index (κ1) is 27.8. The van der Waals surface area contributed by atoms with Crippen LogP contribution in [0.1, 0.15) is 69.1 Å². The summed E-state index contributed by atoms with van der Waals surface area (Å²) in [6.45, 7) is 10.9. The summed E-state index contributed by atoms with van der Waals surface area (Å²) in [5.41, 5.74) is 7.11. The zero-order valence-corrected chi connectivity index (χ0v) is 22.7. The third-order valence-electron chi connectivity index (χ3n) is 6.65. The molecule has 2 heteroatoms. The Balaban J connectivity index is 0.000000213. The summed E-state index contributed by atoms with van der Waals surface area (Å²) in [7, 11) is 0. The molecule has 0 saturated carbocycles. The van der Waals surface area contributed by atoms with Crippen LogP contribution in [-0.4, -0.2) is 6.04 Å². The Morgan fingerprint density at radius 2 is 1.14 bits per heavy atom. The lowest BCUT2D eigenvalue weighted by molar-refractivity contribution is 0.561. The summed E-state index contributed by atoms with van der Waals surface area (Å²) in [5, 5.41) is 6.99. The molecule has 0 bridgehead atoms. The lowest BCUT2D eigenvalue weighted by atomic mass is 9.88. The zero-order valence-electron chi connectivity index (χ0n) is 22.7. The van der Waals surface area contributed by atoms with Crippen molar-refractivity contribution >= 4 is 17.1 Å². The summed E-state index contributed by atoms with van der Waals surface area (Å²) in [6.07, 6.45) is 4.64. The topological polar surface area (TPSA) is 24.1 Å². The predicted octanol–water partition coefficient (Wildman–Crippen LogP) is 9.80. The Bertz CT molecular complexity index is 1130. The molecule has 37 heavy (non-hydrogen) atoms. The minimum absolute atomic E-state index is 0.474. The second-order valence-electron chi connectivity index (χ2n) is 9.34. The van der Waals surface area contributed by atoms with Crippen LogP contribution in [0.2, 0.25) is 0 Å². The Morgan fingerprint density at radius 3 is 1.65 bits per heavy atom. The fourth-order valence-electron chi connectivity index (χ4n) is 4.53. The third-order valence-corrected chi connectivity index (χ3v) is 6.65. The van der Waals surface area contributed by atoms with Crippen LogP contribution in [0.15, 0.2) is 122 Å². The minimum atomic E-state index is 0.474. The van der Waals surface area contributed by atoms with Gasteiger partial charge in [-0.1, -0.05) is 131 Å². The maximum Gasteiger partial charge on any atom is 0.0478 e. The van der Waals surface area contributed by atoms with E-state index in [2.05, 4.69) is 123 Å². The standard InChI is InChI=1S/C19H24N2.C16H18/c1-4-16(5-2)20-15(3)18-13-9-10-14-19(18)21-17-11-7-6-8-12-17;1-2-9-16(14-10-5-3-6-11-14)15-12-7-4-8-13-15/h6-14,16,20-21H,3-5H2,1-2H3;3-8,10-13,16H,2,9H2,1H3. The molecule has 0 fully saturated rings. The van der Waals surface area contributed by atoms with E-state index >= 15 is 0 Å².